The number of ether oxygens (including phenoxy) is 1. The lowest BCUT2D eigenvalue weighted by Gasteiger charge is -2.19. The largest absolute Gasteiger partial charge is 0.486 e. The van der Waals surface area contributed by atoms with E-state index in [2.05, 4.69) is 16.4 Å². The minimum atomic E-state index is -4.55. The molecule has 1 atom stereocenters. The summed E-state index contributed by atoms with van der Waals surface area (Å²) in [6.45, 7) is 2.08. The van der Waals surface area contributed by atoms with Crippen molar-refractivity contribution < 1.29 is 23.6 Å². The van der Waals surface area contributed by atoms with Gasteiger partial charge in [0, 0.05) is 0 Å². The quantitative estimate of drug-likeness (QED) is 0.103. The van der Waals surface area contributed by atoms with Gasteiger partial charge in [-0.3, -0.25) is 4.52 Å². The second-order valence-corrected chi connectivity index (χ2v) is 11.1. The van der Waals surface area contributed by atoms with E-state index >= 15 is 0 Å². The first kappa shape index (κ1) is 32.6. The average molecular weight is 525 g/mol. The molecule has 7 nitrogen and oxygen atoms in total. The number of hydrogen-bond donors (Lipinski definition) is 2. The Hall–Kier alpha value is -1.45. The number of nitriles is 1. The van der Waals surface area contributed by atoms with Crippen LogP contribution in [0.2, 0.25) is 0 Å². The lowest BCUT2D eigenvalue weighted by molar-refractivity contribution is 0.0939. The first-order valence-corrected chi connectivity index (χ1v) is 15.7. The van der Waals surface area contributed by atoms with Crippen LogP contribution in [0.5, 0.6) is 5.75 Å². The zero-order valence-corrected chi connectivity index (χ0v) is 23.3. The Bertz CT molecular complexity index is 732. The van der Waals surface area contributed by atoms with Crippen LogP contribution in [-0.4, -0.2) is 27.5 Å². The number of aromatic nitrogens is 1. The summed E-state index contributed by atoms with van der Waals surface area (Å²) < 4.78 is 21.5. The molecule has 0 aliphatic rings. The summed E-state index contributed by atoms with van der Waals surface area (Å²) in [4.78, 5) is 22.0. The number of hydrogen-bond acceptors (Lipinski definition) is 5. The van der Waals surface area contributed by atoms with Gasteiger partial charge in [-0.05, 0) is 25.0 Å². The lowest BCUT2D eigenvalue weighted by Crippen LogP contribution is -2.22. The second-order valence-electron chi connectivity index (χ2n) is 9.82. The Kier molecular flexibility index (Phi) is 19.6. The van der Waals surface area contributed by atoms with E-state index in [1.165, 1.54) is 103 Å². The molecule has 0 aromatic carbocycles. The van der Waals surface area contributed by atoms with Gasteiger partial charge in [0.1, 0.15) is 23.6 Å². The van der Waals surface area contributed by atoms with Gasteiger partial charge in [0.15, 0.2) is 0 Å². The van der Waals surface area contributed by atoms with E-state index < -0.39 is 13.9 Å². The van der Waals surface area contributed by atoms with Gasteiger partial charge in [-0.25, -0.2) is 9.55 Å². The van der Waals surface area contributed by atoms with Crippen LogP contribution in [-0.2, 0) is 9.09 Å². The topological polar surface area (TPSA) is 113 Å². The van der Waals surface area contributed by atoms with Crippen molar-refractivity contribution in [2.45, 2.75) is 135 Å². The Morgan fingerprint density at radius 1 is 0.833 bits per heavy atom. The maximum absolute atomic E-state index is 11.1. The highest BCUT2D eigenvalue weighted by atomic mass is 31.2. The van der Waals surface area contributed by atoms with E-state index in [0.717, 1.165) is 19.3 Å². The van der Waals surface area contributed by atoms with E-state index in [1.54, 1.807) is 12.1 Å². The molecule has 0 saturated heterocycles. The Morgan fingerprint density at radius 2 is 1.31 bits per heavy atom. The molecule has 0 aliphatic heterocycles. The van der Waals surface area contributed by atoms with Crippen LogP contribution in [0.4, 0.5) is 0 Å². The molecule has 1 aromatic heterocycles. The highest BCUT2D eigenvalue weighted by molar-refractivity contribution is 7.46. The van der Waals surface area contributed by atoms with Crippen molar-refractivity contribution in [2.75, 3.05) is 6.61 Å². The SMILES string of the molecule is CCCCCCCCCCCCCCCCCCCCC(COP(=O)(O)O)Oc1ccc(C#N)nc1. The maximum Gasteiger partial charge on any atom is 0.469 e. The zero-order valence-electron chi connectivity index (χ0n) is 22.4. The molecule has 0 saturated carbocycles. The molecule has 8 heteroatoms. The van der Waals surface area contributed by atoms with Gasteiger partial charge in [0.2, 0.25) is 0 Å². The summed E-state index contributed by atoms with van der Waals surface area (Å²) >= 11 is 0. The molecule has 0 amide bonds. The van der Waals surface area contributed by atoms with Crippen molar-refractivity contribution in [3.05, 3.63) is 24.0 Å². The van der Waals surface area contributed by atoms with Gasteiger partial charge >= 0.3 is 7.82 Å². The molecule has 0 radical (unpaired) electrons. The smallest absolute Gasteiger partial charge is 0.469 e. The minimum absolute atomic E-state index is 0.191. The Balaban J connectivity index is 2.03. The van der Waals surface area contributed by atoms with Gasteiger partial charge < -0.3 is 14.5 Å². The van der Waals surface area contributed by atoms with Crippen molar-refractivity contribution >= 4 is 7.82 Å². The molecule has 1 rings (SSSR count). The Labute approximate surface area is 219 Å². The summed E-state index contributed by atoms with van der Waals surface area (Å²) in [5.41, 5.74) is 0.286. The number of unbranched alkanes of at least 4 members (excludes halogenated alkanes) is 17. The summed E-state index contributed by atoms with van der Waals surface area (Å²) in [5.74, 6) is 0.454. The molecule has 0 bridgehead atoms. The maximum atomic E-state index is 11.1. The summed E-state index contributed by atoms with van der Waals surface area (Å²) in [5, 5.41) is 8.85. The first-order chi connectivity index (χ1) is 17.4. The lowest BCUT2D eigenvalue weighted by atomic mass is 10.0. The fraction of sp³-hybridized carbons (Fsp3) is 0.786. The molecule has 0 spiro atoms. The van der Waals surface area contributed by atoms with Crippen LogP contribution in [0.3, 0.4) is 0 Å². The molecule has 206 valence electrons. The van der Waals surface area contributed by atoms with Crippen LogP contribution in [0.1, 0.15) is 135 Å². The van der Waals surface area contributed by atoms with Gasteiger partial charge in [-0.2, -0.15) is 5.26 Å². The molecule has 1 heterocycles. The number of rotatable bonds is 24. The minimum Gasteiger partial charge on any atom is -0.486 e. The molecule has 36 heavy (non-hydrogen) atoms. The third-order valence-corrected chi connectivity index (χ3v) is 6.95. The van der Waals surface area contributed by atoms with Crippen LogP contribution >= 0.6 is 7.82 Å². The highest BCUT2D eigenvalue weighted by Gasteiger charge is 2.19. The van der Waals surface area contributed by atoms with Crippen molar-refractivity contribution in [1.82, 2.24) is 4.98 Å². The van der Waals surface area contributed by atoms with Gasteiger partial charge in [0.05, 0.1) is 12.8 Å². The summed E-state index contributed by atoms with van der Waals surface area (Å²) in [6, 6.07) is 5.13. The number of phosphoric ester groups is 1. The van der Waals surface area contributed by atoms with Crippen LogP contribution < -0.4 is 4.74 Å². The second kappa shape index (κ2) is 21.6. The van der Waals surface area contributed by atoms with Crippen molar-refractivity contribution in [3.8, 4) is 11.8 Å². The molecule has 0 fully saturated rings. The standard InChI is InChI=1S/C28H49N2O5P/c1-2-3-4-5-6-7-8-9-10-11-12-13-14-15-16-17-18-19-20-28(25-34-36(31,32)33)35-27-22-21-26(23-29)30-24-27/h21-22,24,28H,2-20,25H2,1H3,(H2,31,32,33). The first-order valence-electron chi connectivity index (χ1n) is 14.2. The normalized spacial score (nSPS) is 12.4. The monoisotopic (exact) mass is 524 g/mol. The van der Waals surface area contributed by atoms with E-state index in [9.17, 15) is 4.57 Å². The molecule has 1 aromatic rings. The van der Waals surface area contributed by atoms with Gasteiger partial charge in [-0.15, -0.1) is 0 Å². The fourth-order valence-electron chi connectivity index (χ4n) is 4.34. The van der Waals surface area contributed by atoms with E-state index in [1.807, 2.05) is 6.07 Å². The van der Waals surface area contributed by atoms with E-state index in [0.29, 0.717) is 12.2 Å². The van der Waals surface area contributed by atoms with Gasteiger partial charge in [-0.1, -0.05) is 116 Å². The van der Waals surface area contributed by atoms with Crippen molar-refractivity contribution in [3.63, 3.8) is 0 Å². The predicted octanol–water partition coefficient (Wildman–Crippen LogP) is 8.24. The third-order valence-electron chi connectivity index (χ3n) is 6.46. The molecular formula is C28H49N2O5P. The zero-order chi connectivity index (χ0) is 26.3. The number of nitrogens with zero attached hydrogens (tertiary/aromatic N) is 2. The summed E-state index contributed by atoms with van der Waals surface area (Å²) in [7, 11) is -4.55. The van der Waals surface area contributed by atoms with Crippen molar-refractivity contribution in [1.29, 1.82) is 5.26 Å². The van der Waals surface area contributed by atoms with Crippen LogP contribution in [0.25, 0.3) is 0 Å². The van der Waals surface area contributed by atoms with Crippen LogP contribution in [0.15, 0.2) is 18.3 Å². The van der Waals surface area contributed by atoms with E-state index in [-0.39, 0.29) is 12.3 Å². The average Bonchev–Trinajstić information content (AvgIpc) is 2.86. The fourth-order valence-corrected chi connectivity index (χ4v) is 4.70. The predicted molar refractivity (Wildman–Crippen MR) is 145 cm³/mol. The third kappa shape index (κ3) is 19.7. The van der Waals surface area contributed by atoms with Crippen LogP contribution in [0, 0.1) is 11.3 Å². The van der Waals surface area contributed by atoms with E-state index in [4.69, 9.17) is 19.8 Å². The molecule has 0 aliphatic carbocycles. The number of phosphoric acid groups is 1. The highest BCUT2D eigenvalue weighted by Crippen LogP contribution is 2.36. The molecular weight excluding hydrogens is 475 g/mol. The summed E-state index contributed by atoms with van der Waals surface area (Å²) in [6.07, 6.45) is 25.2. The van der Waals surface area contributed by atoms with Gasteiger partial charge in [0.25, 0.3) is 0 Å². The molecule has 1 unspecified atom stereocenters. The van der Waals surface area contributed by atoms with Crippen molar-refractivity contribution in [2.24, 2.45) is 0 Å². The Morgan fingerprint density at radius 3 is 1.69 bits per heavy atom. The molecule has 2 N–H and O–H groups in total. The number of pyridine rings is 1.